The SMILES string of the molecule is C=C1NC(CN(C)C)=CC(C)=C1C. The maximum absolute atomic E-state index is 3.97. The van der Waals surface area contributed by atoms with E-state index < -0.39 is 0 Å². The van der Waals surface area contributed by atoms with Gasteiger partial charge in [-0.2, -0.15) is 0 Å². The first-order valence-electron chi connectivity index (χ1n) is 4.50. The Morgan fingerprint density at radius 2 is 2.00 bits per heavy atom. The molecule has 0 fully saturated rings. The fourth-order valence-corrected chi connectivity index (χ4v) is 1.36. The van der Waals surface area contributed by atoms with Gasteiger partial charge in [0, 0.05) is 17.9 Å². The predicted molar refractivity (Wildman–Crippen MR) is 57.3 cm³/mol. The largest absolute Gasteiger partial charge is 0.358 e. The zero-order chi connectivity index (χ0) is 10.0. The Morgan fingerprint density at radius 3 is 2.46 bits per heavy atom. The third kappa shape index (κ3) is 2.46. The van der Waals surface area contributed by atoms with Crippen molar-refractivity contribution in [3.63, 3.8) is 0 Å². The molecule has 0 bridgehead atoms. The molecule has 0 aromatic heterocycles. The molecule has 72 valence electrons. The van der Waals surface area contributed by atoms with Crippen molar-refractivity contribution < 1.29 is 0 Å². The molecule has 0 atom stereocenters. The Hall–Kier alpha value is -1.02. The summed E-state index contributed by atoms with van der Waals surface area (Å²) in [4.78, 5) is 2.14. The summed E-state index contributed by atoms with van der Waals surface area (Å²) >= 11 is 0. The molecule has 0 radical (unpaired) electrons. The molecule has 1 heterocycles. The Labute approximate surface area is 80.6 Å². The van der Waals surface area contributed by atoms with E-state index in [9.17, 15) is 0 Å². The molecule has 0 aromatic rings. The number of hydrogen-bond acceptors (Lipinski definition) is 2. The monoisotopic (exact) mass is 178 g/mol. The van der Waals surface area contributed by atoms with Gasteiger partial charge in [0.2, 0.25) is 0 Å². The van der Waals surface area contributed by atoms with Crippen molar-refractivity contribution in [2.24, 2.45) is 0 Å². The van der Waals surface area contributed by atoms with Crippen molar-refractivity contribution in [1.29, 1.82) is 0 Å². The minimum atomic E-state index is 0.934. The van der Waals surface area contributed by atoms with Gasteiger partial charge in [-0.25, -0.2) is 0 Å². The number of hydrogen-bond donors (Lipinski definition) is 1. The minimum absolute atomic E-state index is 0.934. The maximum atomic E-state index is 3.97. The van der Waals surface area contributed by atoms with Gasteiger partial charge in [-0.15, -0.1) is 0 Å². The predicted octanol–water partition coefficient (Wildman–Crippen LogP) is 1.89. The normalized spacial score (nSPS) is 17.6. The lowest BCUT2D eigenvalue weighted by Gasteiger charge is -2.22. The number of allylic oxidation sites excluding steroid dienone is 3. The first-order chi connectivity index (χ1) is 6.00. The molecule has 0 saturated heterocycles. The van der Waals surface area contributed by atoms with Crippen LogP contribution in [0.2, 0.25) is 0 Å². The van der Waals surface area contributed by atoms with Crippen LogP contribution in [-0.2, 0) is 0 Å². The molecule has 0 saturated carbocycles. The van der Waals surface area contributed by atoms with Crippen LogP contribution in [0.15, 0.2) is 35.2 Å². The van der Waals surface area contributed by atoms with Crippen LogP contribution < -0.4 is 5.32 Å². The van der Waals surface area contributed by atoms with Crippen LogP contribution >= 0.6 is 0 Å². The second-order valence-electron chi connectivity index (χ2n) is 3.82. The number of nitrogens with zero attached hydrogens (tertiary/aromatic N) is 1. The van der Waals surface area contributed by atoms with E-state index in [0.717, 1.165) is 12.2 Å². The van der Waals surface area contributed by atoms with Crippen LogP contribution in [0.1, 0.15) is 13.8 Å². The quantitative estimate of drug-likeness (QED) is 0.694. The van der Waals surface area contributed by atoms with E-state index in [0.29, 0.717) is 0 Å². The molecule has 1 aliphatic rings. The van der Waals surface area contributed by atoms with Crippen LogP contribution in [0.5, 0.6) is 0 Å². The van der Waals surface area contributed by atoms with Crippen LogP contribution in [0.25, 0.3) is 0 Å². The van der Waals surface area contributed by atoms with Crippen molar-refractivity contribution in [3.05, 3.63) is 35.2 Å². The first kappa shape index (κ1) is 10.1. The van der Waals surface area contributed by atoms with E-state index in [1.807, 2.05) is 0 Å². The average molecular weight is 178 g/mol. The van der Waals surface area contributed by atoms with E-state index in [4.69, 9.17) is 0 Å². The molecular weight excluding hydrogens is 160 g/mol. The Kier molecular flexibility index (Phi) is 2.94. The molecule has 2 heteroatoms. The number of likely N-dealkylation sites (N-methyl/N-ethyl adjacent to an activating group) is 1. The maximum Gasteiger partial charge on any atom is 0.0379 e. The summed E-state index contributed by atoms with van der Waals surface area (Å²) in [6.45, 7) is 9.12. The smallest absolute Gasteiger partial charge is 0.0379 e. The number of dihydropyridines is 1. The molecule has 0 aromatic carbocycles. The fraction of sp³-hybridized carbons (Fsp3) is 0.455. The van der Waals surface area contributed by atoms with Crippen molar-refractivity contribution in [3.8, 4) is 0 Å². The molecule has 1 rings (SSSR count). The molecule has 1 aliphatic heterocycles. The van der Waals surface area contributed by atoms with Crippen molar-refractivity contribution in [2.75, 3.05) is 20.6 Å². The summed E-state index contributed by atoms with van der Waals surface area (Å²) in [6, 6.07) is 0. The highest BCUT2D eigenvalue weighted by atomic mass is 15.1. The van der Waals surface area contributed by atoms with Crippen LogP contribution in [0, 0.1) is 0 Å². The summed E-state index contributed by atoms with van der Waals surface area (Å²) in [5.74, 6) is 0. The third-order valence-corrected chi connectivity index (χ3v) is 2.23. The first-order valence-corrected chi connectivity index (χ1v) is 4.50. The van der Waals surface area contributed by atoms with Gasteiger partial charge in [0.05, 0.1) is 0 Å². The lowest BCUT2D eigenvalue weighted by Crippen LogP contribution is -2.26. The number of nitrogens with one attached hydrogen (secondary N) is 1. The molecule has 0 amide bonds. The van der Waals surface area contributed by atoms with E-state index in [1.165, 1.54) is 16.8 Å². The Morgan fingerprint density at radius 1 is 1.38 bits per heavy atom. The standard InChI is InChI=1S/C11H18N2/c1-8-6-11(7-13(4)5)12-10(3)9(8)2/h6,12H,3,7H2,1-2,4-5H3. The molecular formula is C11H18N2. The van der Waals surface area contributed by atoms with Gasteiger partial charge < -0.3 is 10.2 Å². The second-order valence-corrected chi connectivity index (χ2v) is 3.82. The van der Waals surface area contributed by atoms with E-state index >= 15 is 0 Å². The second kappa shape index (κ2) is 3.79. The van der Waals surface area contributed by atoms with Gasteiger partial charge in [0.25, 0.3) is 0 Å². The topological polar surface area (TPSA) is 15.3 Å². The van der Waals surface area contributed by atoms with Crippen LogP contribution in [0.4, 0.5) is 0 Å². The molecule has 2 nitrogen and oxygen atoms in total. The van der Waals surface area contributed by atoms with Gasteiger partial charge in [-0.1, -0.05) is 6.58 Å². The summed E-state index contributed by atoms with van der Waals surface area (Å²) in [7, 11) is 4.12. The Bertz CT molecular complexity index is 282. The fourth-order valence-electron chi connectivity index (χ4n) is 1.36. The molecule has 0 spiro atoms. The zero-order valence-electron chi connectivity index (χ0n) is 8.94. The minimum Gasteiger partial charge on any atom is -0.358 e. The molecule has 1 N–H and O–H groups in total. The lowest BCUT2D eigenvalue weighted by atomic mass is 10.0. The molecule has 0 aliphatic carbocycles. The van der Waals surface area contributed by atoms with Crippen LogP contribution in [-0.4, -0.2) is 25.5 Å². The highest BCUT2D eigenvalue weighted by Gasteiger charge is 2.09. The lowest BCUT2D eigenvalue weighted by molar-refractivity contribution is 0.436. The van der Waals surface area contributed by atoms with Crippen molar-refractivity contribution in [2.45, 2.75) is 13.8 Å². The van der Waals surface area contributed by atoms with Gasteiger partial charge in [-0.05, 0) is 45.2 Å². The summed E-state index contributed by atoms with van der Waals surface area (Å²) in [6.07, 6.45) is 2.18. The van der Waals surface area contributed by atoms with E-state index in [1.54, 1.807) is 0 Å². The summed E-state index contributed by atoms with van der Waals surface area (Å²) < 4.78 is 0. The van der Waals surface area contributed by atoms with Gasteiger partial charge in [-0.3, -0.25) is 0 Å². The van der Waals surface area contributed by atoms with Gasteiger partial charge in [0.1, 0.15) is 0 Å². The van der Waals surface area contributed by atoms with E-state index in [2.05, 4.69) is 50.8 Å². The molecule has 13 heavy (non-hydrogen) atoms. The summed E-state index contributed by atoms with van der Waals surface area (Å²) in [5.41, 5.74) is 4.80. The zero-order valence-corrected chi connectivity index (χ0v) is 8.94. The van der Waals surface area contributed by atoms with Crippen LogP contribution in [0.3, 0.4) is 0 Å². The van der Waals surface area contributed by atoms with E-state index in [-0.39, 0.29) is 0 Å². The average Bonchev–Trinajstić information content (AvgIpc) is 1.98. The third-order valence-electron chi connectivity index (χ3n) is 2.23. The number of rotatable bonds is 2. The van der Waals surface area contributed by atoms with Gasteiger partial charge in [0.15, 0.2) is 0 Å². The van der Waals surface area contributed by atoms with Gasteiger partial charge >= 0.3 is 0 Å². The molecule has 0 unspecified atom stereocenters. The highest BCUT2D eigenvalue weighted by molar-refractivity contribution is 5.42. The van der Waals surface area contributed by atoms with Crippen molar-refractivity contribution >= 4 is 0 Å². The summed E-state index contributed by atoms with van der Waals surface area (Å²) in [5, 5.41) is 3.29. The Balaban J connectivity index is 2.81. The highest BCUT2D eigenvalue weighted by Crippen LogP contribution is 2.18. The van der Waals surface area contributed by atoms with Crippen molar-refractivity contribution in [1.82, 2.24) is 10.2 Å².